The lowest BCUT2D eigenvalue weighted by molar-refractivity contribution is -0.120. The molecular formula is C26H35N3O4S. The van der Waals surface area contributed by atoms with Gasteiger partial charge in [0, 0.05) is 19.1 Å². The van der Waals surface area contributed by atoms with E-state index < -0.39 is 15.9 Å². The van der Waals surface area contributed by atoms with Gasteiger partial charge in [-0.05, 0) is 56.7 Å². The number of rotatable bonds is 10. The number of para-hydroxylation sites is 1. The molecule has 1 heterocycles. The third-order valence-electron chi connectivity index (χ3n) is 6.28. The van der Waals surface area contributed by atoms with Gasteiger partial charge in [0.25, 0.3) is 5.91 Å². The minimum atomic E-state index is -3.44. The van der Waals surface area contributed by atoms with Crippen molar-refractivity contribution in [1.29, 1.82) is 0 Å². The molecule has 0 aromatic heterocycles. The van der Waals surface area contributed by atoms with Crippen LogP contribution in [-0.2, 0) is 21.2 Å². The molecule has 8 heteroatoms. The van der Waals surface area contributed by atoms with Crippen LogP contribution in [0.5, 0.6) is 0 Å². The van der Waals surface area contributed by atoms with Crippen molar-refractivity contribution < 1.29 is 18.0 Å². The van der Waals surface area contributed by atoms with Gasteiger partial charge in [-0.25, -0.2) is 12.7 Å². The van der Waals surface area contributed by atoms with Crippen molar-refractivity contribution in [2.75, 3.05) is 24.2 Å². The Kier molecular flexibility index (Phi) is 9.24. The summed E-state index contributed by atoms with van der Waals surface area (Å²) in [6, 6.07) is 16.7. The highest BCUT2D eigenvalue weighted by molar-refractivity contribution is 7.89. The van der Waals surface area contributed by atoms with Crippen molar-refractivity contribution in [2.24, 2.45) is 5.92 Å². The summed E-state index contributed by atoms with van der Waals surface area (Å²) in [7, 11) is -3.44. The number of hydrogen-bond acceptors (Lipinski definition) is 4. The second kappa shape index (κ2) is 12.1. The Morgan fingerprint density at radius 1 is 1.09 bits per heavy atom. The van der Waals surface area contributed by atoms with Gasteiger partial charge >= 0.3 is 0 Å². The molecule has 2 amide bonds. The maximum absolute atomic E-state index is 13.0. The fraction of sp³-hybridized carbons (Fsp3) is 0.462. The number of piperidine rings is 1. The number of carbonyl (C=O) groups excluding carboxylic acids is 2. The monoisotopic (exact) mass is 485 g/mol. The first-order chi connectivity index (χ1) is 16.3. The average molecular weight is 486 g/mol. The lowest BCUT2D eigenvalue weighted by Crippen LogP contribution is -2.44. The number of benzene rings is 2. The average Bonchev–Trinajstić information content (AvgIpc) is 2.85. The molecule has 2 N–H and O–H groups in total. The molecule has 2 aromatic carbocycles. The smallest absolute Gasteiger partial charge is 0.253 e. The highest BCUT2D eigenvalue weighted by atomic mass is 32.2. The standard InChI is InChI=1S/C26H35N3O4S/c1-3-20(2)27-26(31)23-15-7-8-16-24(23)28-25(30)22-14-9-17-29(19-22)34(32,33)18-10-13-21-11-5-4-6-12-21/h4-8,11-12,15-16,20,22H,3,9-10,13-14,17-19H2,1-2H3,(H,27,31)(H,28,30). The van der Waals surface area contributed by atoms with E-state index in [2.05, 4.69) is 10.6 Å². The quantitative estimate of drug-likeness (QED) is 0.535. The Bertz CT molecular complexity index is 1070. The first-order valence-corrected chi connectivity index (χ1v) is 13.6. The SMILES string of the molecule is CCC(C)NC(=O)c1ccccc1NC(=O)C1CCCN(S(=O)(=O)CCCc2ccccc2)C1. The van der Waals surface area contributed by atoms with Gasteiger partial charge in [0.1, 0.15) is 0 Å². The summed E-state index contributed by atoms with van der Waals surface area (Å²) in [5, 5.41) is 5.79. The van der Waals surface area contributed by atoms with Crippen LogP contribution in [0.15, 0.2) is 54.6 Å². The molecule has 2 aromatic rings. The largest absolute Gasteiger partial charge is 0.350 e. The van der Waals surface area contributed by atoms with E-state index in [1.165, 1.54) is 4.31 Å². The Balaban J connectivity index is 1.59. The van der Waals surface area contributed by atoms with Crippen LogP contribution in [0.3, 0.4) is 0 Å². The predicted octanol–water partition coefficient (Wildman–Crippen LogP) is 3.83. The van der Waals surface area contributed by atoms with Gasteiger partial charge in [0.15, 0.2) is 0 Å². The lowest BCUT2D eigenvalue weighted by atomic mass is 9.98. The molecule has 1 aliphatic rings. The summed E-state index contributed by atoms with van der Waals surface area (Å²) in [6.45, 7) is 4.52. The predicted molar refractivity (Wildman–Crippen MR) is 135 cm³/mol. The Morgan fingerprint density at radius 2 is 1.79 bits per heavy atom. The highest BCUT2D eigenvalue weighted by Gasteiger charge is 2.32. The van der Waals surface area contributed by atoms with E-state index in [4.69, 9.17) is 0 Å². The van der Waals surface area contributed by atoms with Gasteiger partial charge in [0.05, 0.1) is 22.9 Å². The van der Waals surface area contributed by atoms with E-state index in [9.17, 15) is 18.0 Å². The van der Waals surface area contributed by atoms with Gasteiger partial charge in [-0.1, -0.05) is 49.4 Å². The fourth-order valence-electron chi connectivity index (χ4n) is 4.07. The Labute approximate surface area is 203 Å². The maximum Gasteiger partial charge on any atom is 0.253 e. The van der Waals surface area contributed by atoms with Crippen molar-refractivity contribution in [2.45, 2.75) is 52.0 Å². The van der Waals surface area contributed by atoms with E-state index in [-0.39, 0.29) is 30.2 Å². The zero-order valence-electron chi connectivity index (χ0n) is 20.0. The first-order valence-electron chi connectivity index (χ1n) is 12.0. The number of anilines is 1. The third-order valence-corrected chi connectivity index (χ3v) is 8.20. The zero-order chi connectivity index (χ0) is 24.6. The lowest BCUT2D eigenvalue weighted by Gasteiger charge is -2.31. The molecule has 0 bridgehead atoms. The number of hydrogen-bond donors (Lipinski definition) is 2. The minimum Gasteiger partial charge on any atom is -0.350 e. The van der Waals surface area contributed by atoms with E-state index in [1.54, 1.807) is 24.3 Å². The number of aryl methyl sites for hydroxylation is 1. The van der Waals surface area contributed by atoms with Crippen LogP contribution in [-0.4, -0.2) is 49.4 Å². The van der Waals surface area contributed by atoms with Crippen molar-refractivity contribution in [3.05, 3.63) is 65.7 Å². The van der Waals surface area contributed by atoms with E-state index in [1.807, 2.05) is 44.2 Å². The second-order valence-electron chi connectivity index (χ2n) is 8.92. The van der Waals surface area contributed by atoms with Crippen LogP contribution < -0.4 is 10.6 Å². The van der Waals surface area contributed by atoms with Gasteiger partial charge < -0.3 is 10.6 Å². The molecule has 184 valence electrons. The molecule has 34 heavy (non-hydrogen) atoms. The first kappa shape index (κ1) is 25.9. The molecule has 1 fully saturated rings. The third kappa shape index (κ3) is 7.14. The molecule has 0 aliphatic carbocycles. The fourth-order valence-corrected chi connectivity index (χ4v) is 5.65. The van der Waals surface area contributed by atoms with Gasteiger partial charge in [-0.15, -0.1) is 0 Å². The maximum atomic E-state index is 13.0. The van der Waals surface area contributed by atoms with Crippen molar-refractivity contribution >= 4 is 27.5 Å². The molecule has 1 saturated heterocycles. The Hall–Kier alpha value is -2.71. The van der Waals surface area contributed by atoms with Gasteiger partial charge in [-0.2, -0.15) is 0 Å². The van der Waals surface area contributed by atoms with Crippen LogP contribution in [0.2, 0.25) is 0 Å². The second-order valence-corrected chi connectivity index (χ2v) is 11.0. The van der Waals surface area contributed by atoms with E-state index in [0.29, 0.717) is 43.5 Å². The van der Waals surface area contributed by atoms with Crippen LogP contribution in [0, 0.1) is 5.92 Å². The molecule has 3 rings (SSSR count). The van der Waals surface area contributed by atoms with Crippen LogP contribution >= 0.6 is 0 Å². The van der Waals surface area contributed by atoms with Gasteiger partial charge in [0.2, 0.25) is 15.9 Å². The topological polar surface area (TPSA) is 95.6 Å². The minimum absolute atomic E-state index is 0.0234. The molecule has 0 radical (unpaired) electrons. The number of carbonyl (C=O) groups is 2. The summed E-state index contributed by atoms with van der Waals surface area (Å²) in [4.78, 5) is 25.7. The summed E-state index contributed by atoms with van der Waals surface area (Å²) in [6.07, 6.45) is 3.29. The molecule has 1 aliphatic heterocycles. The van der Waals surface area contributed by atoms with Gasteiger partial charge in [-0.3, -0.25) is 9.59 Å². The molecule has 0 spiro atoms. The zero-order valence-corrected chi connectivity index (χ0v) is 20.8. The molecule has 2 unspecified atom stereocenters. The number of sulfonamides is 1. The summed E-state index contributed by atoms with van der Waals surface area (Å²) >= 11 is 0. The van der Waals surface area contributed by atoms with Crippen LogP contribution in [0.25, 0.3) is 0 Å². The summed E-state index contributed by atoms with van der Waals surface area (Å²) in [5.74, 6) is -0.887. The number of nitrogens with one attached hydrogen (secondary N) is 2. The summed E-state index contributed by atoms with van der Waals surface area (Å²) < 4.78 is 27.3. The van der Waals surface area contributed by atoms with Crippen molar-refractivity contribution in [3.63, 3.8) is 0 Å². The normalized spacial score (nSPS) is 17.6. The molecule has 0 saturated carbocycles. The molecule has 7 nitrogen and oxygen atoms in total. The van der Waals surface area contributed by atoms with Crippen molar-refractivity contribution in [1.82, 2.24) is 9.62 Å². The number of nitrogens with zero attached hydrogens (tertiary/aromatic N) is 1. The van der Waals surface area contributed by atoms with E-state index in [0.717, 1.165) is 12.0 Å². The van der Waals surface area contributed by atoms with Crippen LogP contribution in [0.1, 0.15) is 55.5 Å². The highest BCUT2D eigenvalue weighted by Crippen LogP contribution is 2.23. The molecular weight excluding hydrogens is 450 g/mol. The summed E-state index contributed by atoms with van der Waals surface area (Å²) in [5.41, 5.74) is 1.96. The molecule has 2 atom stereocenters. The number of amides is 2. The Morgan fingerprint density at radius 3 is 2.53 bits per heavy atom. The van der Waals surface area contributed by atoms with Crippen LogP contribution in [0.4, 0.5) is 5.69 Å². The van der Waals surface area contributed by atoms with Crippen molar-refractivity contribution in [3.8, 4) is 0 Å². The van der Waals surface area contributed by atoms with E-state index >= 15 is 0 Å².